The molecule has 0 heterocycles. The first kappa shape index (κ1) is 11.0. The van der Waals surface area contributed by atoms with E-state index in [-0.39, 0.29) is 11.2 Å². The van der Waals surface area contributed by atoms with Crippen LogP contribution in [0.15, 0.2) is 18.2 Å². The predicted octanol–water partition coefficient (Wildman–Crippen LogP) is 3.52. The van der Waals surface area contributed by atoms with Crippen molar-refractivity contribution in [3.63, 3.8) is 0 Å². The zero-order valence-electron chi connectivity index (χ0n) is 9.23. The number of benzene rings is 1. The Labute approximate surface area is 84.9 Å². The molecule has 0 aliphatic carbocycles. The SMILES string of the molecule is CCC(C)(C)c1cc(F)cc(OC)c1. The van der Waals surface area contributed by atoms with Crippen molar-refractivity contribution in [2.75, 3.05) is 7.11 Å². The minimum atomic E-state index is -0.235. The number of hydrogen-bond acceptors (Lipinski definition) is 1. The van der Waals surface area contributed by atoms with Crippen LogP contribution in [0.5, 0.6) is 5.75 Å². The average molecular weight is 196 g/mol. The highest BCUT2D eigenvalue weighted by atomic mass is 19.1. The molecule has 0 amide bonds. The number of hydrogen-bond donors (Lipinski definition) is 0. The third-order valence-electron chi connectivity index (χ3n) is 2.77. The summed E-state index contributed by atoms with van der Waals surface area (Å²) in [7, 11) is 1.55. The molecule has 0 aliphatic heterocycles. The zero-order chi connectivity index (χ0) is 10.8. The van der Waals surface area contributed by atoms with Gasteiger partial charge in [0.05, 0.1) is 7.11 Å². The summed E-state index contributed by atoms with van der Waals surface area (Å²) >= 11 is 0. The van der Waals surface area contributed by atoms with Crippen LogP contribution >= 0.6 is 0 Å². The lowest BCUT2D eigenvalue weighted by Crippen LogP contribution is -2.15. The summed E-state index contributed by atoms with van der Waals surface area (Å²) in [5.74, 6) is 0.349. The zero-order valence-corrected chi connectivity index (χ0v) is 9.23. The number of ether oxygens (including phenoxy) is 1. The van der Waals surface area contributed by atoms with Crippen molar-refractivity contribution in [2.45, 2.75) is 32.6 Å². The predicted molar refractivity (Wildman–Crippen MR) is 56.3 cm³/mol. The quantitative estimate of drug-likeness (QED) is 0.718. The van der Waals surface area contributed by atoms with Gasteiger partial charge in [-0.2, -0.15) is 0 Å². The van der Waals surface area contributed by atoms with E-state index in [9.17, 15) is 4.39 Å². The molecule has 0 radical (unpaired) electrons. The van der Waals surface area contributed by atoms with Gasteiger partial charge in [0.2, 0.25) is 0 Å². The van der Waals surface area contributed by atoms with Crippen molar-refractivity contribution in [2.24, 2.45) is 0 Å². The summed E-state index contributed by atoms with van der Waals surface area (Å²) < 4.78 is 18.2. The fourth-order valence-corrected chi connectivity index (χ4v) is 1.28. The fourth-order valence-electron chi connectivity index (χ4n) is 1.28. The van der Waals surface area contributed by atoms with Crippen LogP contribution in [0.25, 0.3) is 0 Å². The number of rotatable bonds is 3. The second-order valence-corrected chi connectivity index (χ2v) is 4.12. The second kappa shape index (κ2) is 3.99. The van der Waals surface area contributed by atoms with Crippen LogP contribution in [0.2, 0.25) is 0 Å². The summed E-state index contributed by atoms with van der Waals surface area (Å²) in [4.78, 5) is 0. The molecule has 0 aromatic heterocycles. The van der Waals surface area contributed by atoms with Gasteiger partial charge < -0.3 is 4.74 Å². The Balaban J connectivity index is 3.15. The molecular weight excluding hydrogens is 179 g/mol. The van der Waals surface area contributed by atoms with Crippen molar-refractivity contribution in [3.05, 3.63) is 29.6 Å². The molecule has 1 aromatic carbocycles. The lowest BCUT2D eigenvalue weighted by atomic mass is 9.82. The molecule has 0 saturated carbocycles. The van der Waals surface area contributed by atoms with Crippen molar-refractivity contribution in [1.29, 1.82) is 0 Å². The molecule has 2 heteroatoms. The normalized spacial score (nSPS) is 11.5. The van der Waals surface area contributed by atoms with Crippen LogP contribution in [0.1, 0.15) is 32.8 Å². The van der Waals surface area contributed by atoms with Crippen LogP contribution in [-0.2, 0) is 5.41 Å². The van der Waals surface area contributed by atoms with Gasteiger partial charge in [-0.05, 0) is 29.5 Å². The average Bonchev–Trinajstić information content (AvgIpc) is 2.16. The summed E-state index contributed by atoms with van der Waals surface area (Å²) in [5.41, 5.74) is 0.979. The molecule has 0 unspecified atom stereocenters. The largest absolute Gasteiger partial charge is 0.497 e. The first-order chi connectivity index (χ1) is 6.49. The highest BCUT2D eigenvalue weighted by Gasteiger charge is 2.19. The molecule has 78 valence electrons. The van der Waals surface area contributed by atoms with E-state index < -0.39 is 0 Å². The Bertz CT molecular complexity index is 318. The number of halogens is 1. The van der Waals surface area contributed by atoms with Crippen molar-refractivity contribution >= 4 is 0 Å². The Morgan fingerprint density at radius 3 is 2.43 bits per heavy atom. The number of methoxy groups -OCH3 is 1. The van der Waals surface area contributed by atoms with Gasteiger partial charge in [-0.15, -0.1) is 0 Å². The van der Waals surface area contributed by atoms with E-state index in [0.29, 0.717) is 5.75 Å². The van der Waals surface area contributed by atoms with Crippen LogP contribution in [-0.4, -0.2) is 7.11 Å². The highest BCUT2D eigenvalue weighted by Crippen LogP contribution is 2.30. The Hall–Kier alpha value is -1.05. The van der Waals surface area contributed by atoms with Crippen LogP contribution in [0.3, 0.4) is 0 Å². The Kier molecular flexibility index (Phi) is 3.14. The molecule has 0 saturated heterocycles. The van der Waals surface area contributed by atoms with E-state index in [2.05, 4.69) is 20.8 Å². The first-order valence-electron chi connectivity index (χ1n) is 4.84. The van der Waals surface area contributed by atoms with Crippen molar-refractivity contribution < 1.29 is 9.13 Å². The molecule has 0 fully saturated rings. The molecular formula is C12H17FO. The van der Waals surface area contributed by atoms with Crippen LogP contribution in [0.4, 0.5) is 4.39 Å². The Morgan fingerprint density at radius 2 is 1.93 bits per heavy atom. The van der Waals surface area contributed by atoms with E-state index in [0.717, 1.165) is 12.0 Å². The van der Waals surface area contributed by atoms with Gasteiger partial charge in [0.1, 0.15) is 11.6 Å². The summed E-state index contributed by atoms with van der Waals surface area (Å²) in [6.07, 6.45) is 0.972. The topological polar surface area (TPSA) is 9.23 Å². The molecule has 1 aromatic rings. The smallest absolute Gasteiger partial charge is 0.127 e. The second-order valence-electron chi connectivity index (χ2n) is 4.12. The van der Waals surface area contributed by atoms with E-state index >= 15 is 0 Å². The van der Waals surface area contributed by atoms with Crippen LogP contribution < -0.4 is 4.74 Å². The maximum absolute atomic E-state index is 13.2. The first-order valence-corrected chi connectivity index (χ1v) is 4.84. The molecule has 1 rings (SSSR count). The van der Waals surface area contributed by atoms with Gasteiger partial charge in [-0.25, -0.2) is 4.39 Å². The molecule has 0 aliphatic rings. The van der Waals surface area contributed by atoms with Gasteiger partial charge in [-0.3, -0.25) is 0 Å². The molecule has 0 N–H and O–H groups in total. The van der Waals surface area contributed by atoms with Gasteiger partial charge in [0, 0.05) is 6.07 Å². The lowest BCUT2D eigenvalue weighted by Gasteiger charge is -2.23. The third kappa shape index (κ3) is 2.25. The van der Waals surface area contributed by atoms with Gasteiger partial charge in [-0.1, -0.05) is 20.8 Å². The van der Waals surface area contributed by atoms with Gasteiger partial charge >= 0.3 is 0 Å². The molecule has 0 atom stereocenters. The summed E-state index contributed by atoms with van der Waals surface area (Å²) in [6.45, 7) is 6.29. The Morgan fingerprint density at radius 1 is 1.29 bits per heavy atom. The maximum atomic E-state index is 13.2. The summed E-state index contributed by atoms with van der Waals surface area (Å²) in [5, 5.41) is 0. The molecule has 0 spiro atoms. The molecule has 14 heavy (non-hydrogen) atoms. The standard InChI is InChI=1S/C12H17FO/c1-5-12(2,3)9-6-10(13)8-11(7-9)14-4/h6-8H,5H2,1-4H3. The molecule has 0 bridgehead atoms. The van der Waals surface area contributed by atoms with Crippen molar-refractivity contribution in [3.8, 4) is 5.75 Å². The monoisotopic (exact) mass is 196 g/mol. The molecule has 1 nitrogen and oxygen atoms in total. The minimum Gasteiger partial charge on any atom is -0.497 e. The van der Waals surface area contributed by atoms with E-state index in [4.69, 9.17) is 4.74 Å². The lowest BCUT2D eigenvalue weighted by molar-refractivity contribution is 0.406. The van der Waals surface area contributed by atoms with E-state index in [1.165, 1.54) is 6.07 Å². The highest BCUT2D eigenvalue weighted by molar-refractivity contribution is 5.33. The fraction of sp³-hybridized carbons (Fsp3) is 0.500. The van der Waals surface area contributed by atoms with Gasteiger partial charge in [0.25, 0.3) is 0 Å². The van der Waals surface area contributed by atoms with Crippen molar-refractivity contribution in [1.82, 2.24) is 0 Å². The van der Waals surface area contributed by atoms with E-state index in [1.807, 2.05) is 6.07 Å². The maximum Gasteiger partial charge on any atom is 0.127 e. The van der Waals surface area contributed by atoms with Crippen LogP contribution in [0, 0.1) is 5.82 Å². The minimum absolute atomic E-state index is 0.00458. The van der Waals surface area contributed by atoms with E-state index in [1.54, 1.807) is 13.2 Å². The van der Waals surface area contributed by atoms with Gasteiger partial charge in [0.15, 0.2) is 0 Å². The third-order valence-corrected chi connectivity index (χ3v) is 2.77. The summed E-state index contributed by atoms with van der Waals surface area (Å²) in [6, 6.07) is 4.87.